The average molecular weight is 383 g/mol. The van der Waals surface area contributed by atoms with Crippen molar-refractivity contribution >= 4 is 0 Å². The van der Waals surface area contributed by atoms with Gasteiger partial charge in [-0.1, -0.05) is 52.2 Å². The monoisotopic (exact) mass is 382 g/mol. The lowest BCUT2D eigenvalue weighted by Crippen LogP contribution is -2.07. The van der Waals surface area contributed by atoms with Gasteiger partial charge in [0.05, 0.1) is 0 Å². The molecule has 0 spiro atoms. The Morgan fingerprint density at radius 2 is 1.43 bits per heavy atom. The maximum atomic E-state index is 10.7. The molecule has 0 bridgehead atoms. The Kier molecular flexibility index (Phi) is 8.41. The zero-order valence-corrected chi connectivity index (χ0v) is 18.4. The van der Waals surface area contributed by atoms with Gasteiger partial charge in [0.1, 0.15) is 11.5 Å². The third-order valence-corrected chi connectivity index (χ3v) is 6.00. The molecule has 28 heavy (non-hydrogen) atoms. The van der Waals surface area contributed by atoms with E-state index in [4.69, 9.17) is 0 Å². The van der Waals surface area contributed by atoms with Crippen LogP contribution < -0.4 is 0 Å². The molecule has 2 nitrogen and oxygen atoms in total. The molecule has 0 fully saturated rings. The predicted octanol–water partition coefficient (Wildman–Crippen LogP) is 7.33. The number of rotatable bonds is 10. The van der Waals surface area contributed by atoms with Gasteiger partial charge in [-0.05, 0) is 91.5 Å². The highest BCUT2D eigenvalue weighted by Crippen LogP contribution is 2.38. The minimum absolute atomic E-state index is 0.246. The second-order valence-corrected chi connectivity index (χ2v) is 8.16. The van der Waals surface area contributed by atoms with Crippen molar-refractivity contribution in [2.75, 3.05) is 0 Å². The maximum Gasteiger partial charge on any atom is 0.119 e. The number of benzene rings is 2. The van der Waals surface area contributed by atoms with Gasteiger partial charge < -0.3 is 10.2 Å². The Hall–Kier alpha value is -1.96. The lowest BCUT2D eigenvalue weighted by molar-refractivity contribution is 0.463. The van der Waals surface area contributed by atoms with Crippen LogP contribution in [0.5, 0.6) is 11.5 Å². The number of aromatic hydroxyl groups is 2. The molecule has 1 unspecified atom stereocenters. The summed E-state index contributed by atoms with van der Waals surface area (Å²) in [6.45, 7) is 10.8. The van der Waals surface area contributed by atoms with Crippen molar-refractivity contribution in [1.82, 2.24) is 0 Å². The normalized spacial score (nSPS) is 12.3. The van der Waals surface area contributed by atoms with Gasteiger partial charge in [-0.25, -0.2) is 0 Å². The molecule has 2 aromatic rings. The van der Waals surface area contributed by atoms with E-state index in [1.807, 2.05) is 12.1 Å². The third-order valence-electron chi connectivity index (χ3n) is 6.00. The number of hydrogen-bond donors (Lipinski definition) is 2. The summed E-state index contributed by atoms with van der Waals surface area (Å²) in [7, 11) is 0. The first-order valence-electron chi connectivity index (χ1n) is 11.1. The molecule has 0 amide bonds. The van der Waals surface area contributed by atoms with Crippen molar-refractivity contribution in [2.45, 2.75) is 91.9 Å². The number of unbranched alkanes of at least 4 members (excludes halogenated alkanes) is 2. The van der Waals surface area contributed by atoms with Crippen LogP contribution in [0.1, 0.15) is 98.6 Å². The smallest absolute Gasteiger partial charge is 0.119 e. The number of aryl methyl sites for hydroxylation is 1. The van der Waals surface area contributed by atoms with Gasteiger partial charge in [-0.15, -0.1) is 0 Å². The van der Waals surface area contributed by atoms with Crippen LogP contribution in [-0.4, -0.2) is 10.2 Å². The fourth-order valence-corrected chi connectivity index (χ4v) is 4.30. The van der Waals surface area contributed by atoms with Gasteiger partial charge in [0.15, 0.2) is 0 Å². The SMILES string of the molecule is CCCCc1c(C)cc(C(CCC)c2ccc(O)c(CCCC)c2C)cc1O. The molecule has 0 aliphatic rings. The van der Waals surface area contributed by atoms with Crippen LogP contribution in [0.15, 0.2) is 24.3 Å². The van der Waals surface area contributed by atoms with Crippen molar-refractivity contribution in [3.05, 3.63) is 57.6 Å². The summed E-state index contributed by atoms with van der Waals surface area (Å²) < 4.78 is 0. The fraction of sp³-hybridized carbons (Fsp3) is 0.538. The van der Waals surface area contributed by atoms with Crippen LogP contribution in [0.3, 0.4) is 0 Å². The van der Waals surface area contributed by atoms with Crippen LogP contribution in [0.4, 0.5) is 0 Å². The Balaban J connectivity index is 2.49. The van der Waals surface area contributed by atoms with Crippen LogP contribution in [0.2, 0.25) is 0 Å². The van der Waals surface area contributed by atoms with E-state index in [-0.39, 0.29) is 5.92 Å². The van der Waals surface area contributed by atoms with E-state index in [0.717, 1.165) is 62.5 Å². The van der Waals surface area contributed by atoms with Gasteiger partial charge in [-0.3, -0.25) is 0 Å². The van der Waals surface area contributed by atoms with E-state index in [9.17, 15) is 10.2 Å². The summed E-state index contributed by atoms with van der Waals surface area (Å²) in [5.74, 6) is 1.10. The molecular weight excluding hydrogens is 344 g/mol. The van der Waals surface area contributed by atoms with E-state index in [0.29, 0.717) is 11.5 Å². The van der Waals surface area contributed by atoms with Crippen molar-refractivity contribution in [2.24, 2.45) is 0 Å². The van der Waals surface area contributed by atoms with Crippen molar-refractivity contribution in [3.63, 3.8) is 0 Å². The molecule has 0 heterocycles. The molecule has 2 N–H and O–H groups in total. The van der Waals surface area contributed by atoms with E-state index in [2.05, 4.69) is 46.8 Å². The van der Waals surface area contributed by atoms with Crippen molar-refractivity contribution < 1.29 is 10.2 Å². The maximum absolute atomic E-state index is 10.7. The summed E-state index contributed by atoms with van der Waals surface area (Å²) in [5, 5.41) is 21.1. The number of hydrogen-bond acceptors (Lipinski definition) is 2. The predicted molar refractivity (Wildman–Crippen MR) is 120 cm³/mol. The minimum Gasteiger partial charge on any atom is -0.508 e. The fourth-order valence-electron chi connectivity index (χ4n) is 4.30. The van der Waals surface area contributed by atoms with Crippen molar-refractivity contribution in [1.29, 1.82) is 0 Å². The number of phenols is 2. The molecule has 2 aromatic carbocycles. The van der Waals surface area contributed by atoms with Gasteiger partial charge in [0.25, 0.3) is 0 Å². The Labute approximate surface area is 171 Å². The molecule has 1 atom stereocenters. The summed E-state index contributed by atoms with van der Waals surface area (Å²) in [6, 6.07) is 8.19. The Morgan fingerprint density at radius 1 is 0.786 bits per heavy atom. The summed E-state index contributed by atoms with van der Waals surface area (Å²) in [5.41, 5.74) is 7.04. The molecule has 2 rings (SSSR count). The molecule has 2 heteroatoms. The quantitative estimate of drug-likeness (QED) is 0.451. The van der Waals surface area contributed by atoms with Crippen LogP contribution >= 0.6 is 0 Å². The van der Waals surface area contributed by atoms with E-state index in [1.54, 1.807) is 0 Å². The lowest BCUT2D eigenvalue weighted by atomic mass is 9.81. The summed E-state index contributed by atoms with van der Waals surface area (Å²) >= 11 is 0. The highest BCUT2D eigenvalue weighted by atomic mass is 16.3. The van der Waals surface area contributed by atoms with Crippen molar-refractivity contribution in [3.8, 4) is 11.5 Å². The standard InChI is InChI=1S/C26H38O2/c1-6-9-12-21-18(4)16-20(17-26(21)28)24(11-8-3)22-14-15-25(27)23(19(22)5)13-10-7-2/h14-17,24,27-28H,6-13H2,1-5H3. The van der Waals surface area contributed by atoms with Gasteiger partial charge in [-0.2, -0.15) is 0 Å². The Morgan fingerprint density at radius 3 is 2.00 bits per heavy atom. The highest BCUT2D eigenvalue weighted by molar-refractivity contribution is 5.51. The first-order valence-corrected chi connectivity index (χ1v) is 11.1. The molecule has 0 saturated heterocycles. The highest BCUT2D eigenvalue weighted by Gasteiger charge is 2.21. The second-order valence-electron chi connectivity index (χ2n) is 8.16. The molecule has 154 valence electrons. The van der Waals surface area contributed by atoms with Gasteiger partial charge in [0.2, 0.25) is 0 Å². The lowest BCUT2D eigenvalue weighted by Gasteiger charge is -2.23. The summed E-state index contributed by atoms with van der Waals surface area (Å²) in [4.78, 5) is 0. The topological polar surface area (TPSA) is 40.5 Å². The number of phenolic OH excluding ortho intramolecular Hbond substituents is 2. The Bertz CT molecular complexity index is 753. The molecule has 0 aliphatic heterocycles. The molecule has 0 aromatic heterocycles. The van der Waals surface area contributed by atoms with E-state index < -0.39 is 0 Å². The van der Waals surface area contributed by atoms with Crippen LogP contribution in [-0.2, 0) is 12.8 Å². The first-order chi connectivity index (χ1) is 13.4. The summed E-state index contributed by atoms with van der Waals surface area (Å²) in [6.07, 6.45) is 8.40. The zero-order valence-electron chi connectivity index (χ0n) is 18.4. The average Bonchev–Trinajstić information content (AvgIpc) is 2.66. The molecule has 0 saturated carbocycles. The van der Waals surface area contributed by atoms with Crippen LogP contribution in [0.25, 0.3) is 0 Å². The first kappa shape index (κ1) is 22.3. The van der Waals surface area contributed by atoms with Gasteiger partial charge in [0, 0.05) is 5.92 Å². The van der Waals surface area contributed by atoms with Gasteiger partial charge >= 0.3 is 0 Å². The zero-order chi connectivity index (χ0) is 20.7. The molecular formula is C26H38O2. The van der Waals surface area contributed by atoms with E-state index in [1.165, 1.54) is 22.3 Å². The molecule has 0 aliphatic carbocycles. The third kappa shape index (κ3) is 5.10. The van der Waals surface area contributed by atoms with Crippen LogP contribution in [0, 0.1) is 13.8 Å². The minimum atomic E-state index is 0.246. The molecule has 0 radical (unpaired) electrons. The second kappa shape index (κ2) is 10.5. The van der Waals surface area contributed by atoms with E-state index >= 15 is 0 Å². The largest absolute Gasteiger partial charge is 0.508 e.